The molecule has 0 aliphatic heterocycles. The Hall–Kier alpha value is -1.61. The predicted octanol–water partition coefficient (Wildman–Crippen LogP) is 0.994. The number of sulfonamides is 1. The molecule has 0 saturated carbocycles. The molecule has 2 aromatic heterocycles. The first-order chi connectivity index (χ1) is 8.44. The van der Waals surface area contributed by atoms with Gasteiger partial charge in [-0.25, -0.2) is 8.42 Å². The van der Waals surface area contributed by atoms with Crippen molar-refractivity contribution in [1.29, 1.82) is 0 Å². The highest BCUT2D eigenvalue weighted by atomic mass is 32.2. The van der Waals surface area contributed by atoms with Crippen molar-refractivity contribution in [2.45, 2.75) is 11.8 Å². The van der Waals surface area contributed by atoms with Crippen LogP contribution in [-0.4, -0.2) is 29.7 Å². The Bertz CT molecular complexity index is 659. The molecule has 2 heterocycles. The molecular weight excluding hydrogens is 276 g/mol. The summed E-state index contributed by atoms with van der Waals surface area (Å²) >= 11 is 1.02. The topological polar surface area (TPSA) is 86.1 Å². The van der Waals surface area contributed by atoms with Crippen molar-refractivity contribution in [3.05, 3.63) is 17.1 Å². The number of methoxy groups -OCH3 is 1. The SMILES string of the molecule is COc1nscc1S(=O)(=O)Nc1cc(C)nn1C. The van der Waals surface area contributed by atoms with Crippen LogP contribution < -0.4 is 9.46 Å². The lowest BCUT2D eigenvalue weighted by Gasteiger charge is -2.07. The van der Waals surface area contributed by atoms with Crippen LogP contribution in [0.3, 0.4) is 0 Å². The molecule has 98 valence electrons. The van der Waals surface area contributed by atoms with E-state index in [9.17, 15) is 8.42 Å². The van der Waals surface area contributed by atoms with E-state index in [0.29, 0.717) is 5.82 Å². The minimum absolute atomic E-state index is 0.0221. The van der Waals surface area contributed by atoms with Crippen molar-refractivity contribution < 1.29 is 13.2 Å². The lowest BCUT2D eigenvalue weighted by Crippen LogP contribution is -2.15. The number of hydrogen-bond donors (Lipinski definition) is 1. The molecule has 0 spiro atoms. The summed E-state index contributed by atoms with van der Waals surface area (Å²) in [6.45, 7) is 1.78. The van der Waals surface area contributed by atoms with Crippen molar-refractivity contribution in [2.24, 2.45) is 7.05 Å². The van der Waals surface area contributed by atoms with Crippen molar-refractivity contribution in [1.82, 2.24) is 14.2 Å². The maximum Gasteiger partial charge on any atom is 0.269 e. The number of ether oxygens (including phenoxy) is 1. The summed E-state index contributed by atoms with van der Waals surface area (Å²) < 4.78 is 36.9. The van der Waals surface area contributed by atoms with E-state index in [0.717, 1.165) is 17.2 Å². The number of nitrogens with one attached hydrogen (secondary N) is 1. The van der Waals surface area contributed by atoms with Crippen molar-refractivity contribution in [2.75, 3.05) is 11.8 Å². The fraction of sp³-hybridized carbons (Fsp3) is 0.333. The Morgan fingerprint density at radius 2 is 2.22 bits per heavy atom. The standard InChI is InChI=1S/C9H12N4O3S2/c1-6-4-8(13(2)10-6)12-18(14,15)7-5-17-11-9(7)16-3/h4-5,12H,1-3H3. The summed E-state index contributed by atoms with van der Waals surface area (Å²) in [6.07, 6.45) is 0. The molecule has 0 bridgehead atoms. The van der Waals surface area contributed by atoms with E-state index in [1.54, 1.807) is 20.0 Å². The highest BCUT2D eigenvalue weighted by Gasteiger charge is 2.23. The molecule has 0 aromatic carbocycles. The molecular formula is C9H12N4O3S2. The van der Waals surface area contributed by atoms with Gasteiger partial charge in [-0.2, -0.15) is 9.47 Å². The summed E-state index contributed by atoms with van der Waals surface area (Å²) in [5, 5.41) is 5.49. The molecule has 18 heavy (non-hydrogen) atoms. The van der Waals surface area contributed by atoms with Crippen molar-refractivity contribution in [3.8, 4) is 5.88 Å². The normalized spacial score (nSPS) is 11.5. The molecule has 0 saturated heterocycles. The zero-order valence-corrected chi connectivity index (χ0v) is 11.7. The first-order valence-corrected chi connectivity index (χ1v) is 7.28. The van der Waals surface area contributed by atoms with E-state index in [2.05, 4.69) is 14.2 Å². The Kier molecular flexibility index (Phi) is 3.26. The van der Waals surface area contributed by atoms with Crippen LogP contribution in [-0.2, 0) is 17.1 Å². The molecule has 0 aliphatic carbocycles. The molecule has 0 amide bonds. The Balaban J connectivity index is 2.36. The molecule has 2 aromatic rings. The molecule has 0 unspecified atom stereocenters. The number of aryl methyl sites for hydroxylation is 2. The van der Waals surface area contributed by atoms with Gasteiger partial charge in [0.2, 0.25) is 5.88 Å². The number of rotatable bonds is 4. The van der Waals surface area contributed by atoms with E-state index in [-0.39, 0.29) is 10.8 Å². The monoisotopic (exact) mass is 288 g/mol. The summed E-state index contributed by atoms with van der Waals surface area (Å²) in [4.78, 5) is 0.0221. The van der Waals surface area contributed by atoms with E-state index in [4.69, 9.17) is 4.74 Å². The smallest absolute Gasteiger partial charge is 0.269 e. The van der Waals surface area contributed by atoms with Crippen LogP contribution in [0.1, 0.15) is 5.69 Å². The van der Waals surface area contributed by atoms with Crippen LogP contribution in [0.4, 0.5) is 5.82 Å². The van der Waals surface area contributed by atoms with Crippen LogP contribution in [0.25, 0.3) is 0 Å². The molecule has 0 aliphatic rings. The van der Waals surface area contributed by atoms with E-state index in [1.807, 2.05) is 0 Å². The van der Waals surface area contributed by atoms with Gasteiger partial charge in [0.25, 0.3) is 10.0 Å². The van der Waals surface area contributed by atoms with Crippen LogP contribution in [0.15, 0.2) is 16.3 Å². The van der Waals surface area contributed by atoms with Gasteiger partial charge in [0, 0.05) is 18.5 Å². The third kappa shape index (κ3) is 2.31. The van der Waals surface area contributed by atoms with Gasteiger partial charge >= 0.3 is 0 Å². The quantitative estimate of drug-likeness (QED) is 0.907. The third-order valence-electron chi connectivity index (χ3n) is 2.23. The van der Waals surface area contributed by atoms with Crippen LogP contribution >= 0.6 is 11.5 Å². The number of nitrogens with zero attached hydrogens (tertiary/aromatic N) is 3. The number of hydrogen-bond acceptors (Lipinski definition) is 6. The summed E-state index contributed by atoms with van der Waals surface area (Å²) in [6, 6.07) is 1.64. The minimum Gasteiger partial charge on any atom is -0.479 e. The number of anilines is 1. The fourth-order valence-corrected chi connectivity index (χ4v) is 3.58. The molecule has 2 rings (SSSR count). The van der Waals surface area contributed by atoms with Crippen molar-refractivity contribution in [3.63, 3.8) is 0 Å². The lowest BCUT2D eigenvalue weighted by molar-refractivity contribution is 0.391. The first kappa shape index (κ1) is 12.8. The van der Waals surface area contributed by atoms with Crippen molar-refractivity contribution >= 4 is 27.4 Å². The van der Waals surface area contributed by atoms with Crippen LogP contribution in [0, 0.1) is 6.92 Å². The lowest BCUT2D eigenvalue weighted by atomic mass is 10.5. The summed E-state index contributed by atoms with van der Waals surface area (Å²) in [5.74, 6) is 0.479. The van der Waals surface area contributed by atoms with Gasteiger partial charge in [0.15, 0.2) is 4.90 Å². The average molecular weight is 288 g/mol. The molecule has 0 atom stereocenters. The summed E-state index contributed by atoms with van der Waals surface area (Å²) in [5.41, 5.74) is 0.727. The second-order valence-corrected chi connectivity index (χ2v) is 5.87. The molecule has 1 N–H and O–H groups in total. The Morgan fingerprint density at radius 3 is 2.78 bits per heavy atom. The zero-order chi connectivity index (χ0) is 13.3. The largest absolute Gasteiger partial charge is 0.479 e. The fourth-order valence-electron chi connectivity index (χ4n) is 1.43. The van der Waals surface area contributed by atoms with Gasteiger partial charge in [0.05, 0.1) is 12.8 Å². The van der Waals surface area contributed by atoms with Gasteiger partial charge in [0.1, 0.15) is 5.82 Å². The Morgan fingerprint density at radius 1 is 1.50 bits per heavy atom. The van der Waals surface area contributed by atoms with Gasteiger partial charge in [-0.1, -0.05) is 0 Å². The molecule has 7 nitrogen and oxygen atoms in total. The molecule has 0 radical (unpaired) electrons. The number of aromatic nitrogens is 3. The Labute approximate surface area is 109 Å². The van der Waals surface area contributed by atoms with E-state index < -0.39 is 10.0 Å². The maximum atomic E-state index is 12.1. The van der Waals surface area contributed by atoms with Gasteiger partial charge in [-0.3, -0.25) is 9.40 Å². The molecule has 9 heteroatoms. The average Bonchev–Trinajstić information content (AvgIpc) is 2.85. The van der Waals surface area contributed by atoms with Crippen LogP contribution in [0.2, 0.25) is 0 Å². The zero-order valence-electron chi connectivity index (χ0n) is 10.0. The second kappa shape index (κ2) is 4.58. The predicted molar refractivity (Wildman–Crippen MR) is 67.4 cm³/mol. The minimum atomic E-state index is -3.71. The third-order valence-corrected chi connectivity index (χ3v) is 4.34. The van der Waals surface area contributed by atoms with Crippen LogP contribution in [0.5, 0.6) is 5.88 Å². The highest BCUT2D eigenvalue weighted by Crippen LogP contribution is 2.26. The van der Waals surface area contributed by atoms with Gasteiger partial charge in [-0.05, 0) is 18.5 Å². The maximum absolute atomic E-state index is 12.1. The summed E-state index contributed by atoms with van der Waals surface area (Å²) in [7, 11) is -0.672. The highest BCUT2D eigenvalue weighted by molar-refractivity contribution is 7.93. The second-order valence-electron chi connectivity index (χ2n) is 3.59. The van der Waals surface area contributed by atoms with E-state index >= 15 is 0 Å². The van der Waals surface area contributed by atoms with Gasteiger partial charge in [-0.15, -0.1) is 0 Å². The van der Waals surface area contributed by atoms with Gasteiger partial charge < -0.3 is 4.74 Å². The first-order valence-electron chi connectivity index (χ1n) is 4.96. The molecule has 0 fully saturated rings. The van der Waals surface area contributed by atoms with E-state index in [1.165, 1.54) is 17.2 Å².